The molecule has 2 N–H and O–H groups in total. The summed E-state index contributed by atoms with van der Waals surface area (Å²) < 4.78 is 2.37. The van der Waals surface area contributed by atoms with Crippen LogP contribution >= 0.6 is 0 Å². The minimum atomic E-state index is -0.596. The summed E-state index contributed by atoms with van der Waals surface area (Å²) in [6.45, 7) is 6.07. The van der Waals surface area contributed by atoms with Gasteiger partial charge >= 0.3 is 5.69 Å². The highest BCUT2D eigenvalue weighted by Gasteiger charge is 2.17. The number of carbonyl (C=O) groups is 2. The Kier molecular flexibility index (Phi) is 7.25. The topological polar surface area (TPSA) is 102 Å². The van der Waals surface area contributed by atoms with Crippen molar-refractivity contribution in [2.24, 2.45) is 0 Å². The molecule has 168 valence electrons. The van der Waals surface area contributed by atoms with E-state index in [0.29, 0.717) is 23.1 Å². The molecule has 0 unspecified atom stereocenters. The summed E-state index contributed by atoms with van der Waals surface area (Å²) in [6.07, 6.45) is 1.07. The van der Waals surface area contributed by atoms with E-state index in [0.717, 1.165) is 16.6 Å². The second-order valence-corrected chi connectivity index (χ2v) is 7.94. The number of nitrogens with one attached hydrogen (secondary N) is 2. The van der Waals surface area contributed by atoms with E-state index in [-0.39, 0.29) is 30.8 Å². The number of amides is 2. The minimum absolute atomic E-state index is 0.0718. The SMILES string of the molecule is CCCNC(=O)Cc1ccc(-n2c(=O)c3ccccc3n(CC(=O)NC(C)C)c2=O)cc1. The zero-order valence-electron chi connectivity index (χ0n) is 18.6. The third kappa shape index (κ3) is 5.14. The van der Waals surface area contributed by atoms with E-state index >= 15 is 0 Å². The summed E-state index contributed by atoms with van der Waals surface area (Å²) in [6, 6.07) is 13.4. The van der Waals surface area contributed by atoms with Gasteiger partial charge in [0.2, 0.25) is 11.8 Å². The molecule has 3 aromatic rings. The molecule has 0 spiro atoms. The van der Waals surface area contributed by atoms with Gasteiger partial charge in [0.1, 0.15) is 6.54 Å². The summed E-state index contributed by atoms with van der Waals surface area (Å²) in [5.74, 6) is -0.396. The summed E-state index contributed by atoms with van der Waals surface area (Å²) >= 11 is 0. The monoisotopic (exact) mass is 436 g/mol. The number of aromatic nitrogens is 2. The third-order valence-corrected chi connectivity index (χ3v) is 4.93. The van der Waals surface area contributed by atoms with Gasteiger partial charge in [-0.15, -0.1) is 0 Å². The lowest BCUT2D eigenvalue weighted by atomic mass is 10.1. The second-order valence-electron chi connectivity index (χ2n) is 7.94. The zero-order valence-corrected chi connectivity index (χ0v) is 18.6. The van der Waals surface area contributed by atoms with Crippen LogP contribution in [0.25, 0.3) is 16.6 Å². The number of rotatable bonds is 8. The van der Waals surface area contributed by atoms with Gasteiger partial charge in [0.05, 0.1) is 23.0 Å². The highest BCUT2D eigenvalue weighted by Crippen LogP contribution is 2.12. The van der Waals surface area contributed by atoms with Crippen LogP contribution in [0.4, 0.5) is 0 Å². The molecule has 8 heteroatoms. The molecule has 0 radical (unpaired) electrons. The standard InChI is InChI=1S/C24H28N4O4/c1-4-13-25-21(29)14-17-9-11-18(12-10-17)28-23(31)19-7-5-6-8-20(19)27(24(28)32)15-22(30)26-16(2)3/h5-12,16H,4,13-15H2,1-3H3,(H,25,29)(H,26,30). The fourth-order valence-corrected chi connectivity index (χ4v) is 3.49. The van der Waals surface area contributed by atoms with Gasteiger partial charge in [-0.25, -0.2) is 9.36 Å². The Bertz CT molecular complexity index is 1240. The van der Waals surface area contributed by atoms with Gasteiger partial charge in [0, 0.05) is 12.6 Å². The van der Waals surface area contributed by atoms with Crippen molar-refractivity contribution in [3.63, 3.8) is 0 Å². The Labute approximate surface area is 185 Å². The maximum absolute atomic E-state index is 13.3. The number of fused-ring (bicyclic) bond motifs is 1. The van der Waals surface area contributed by atoms with Gasteiger partial charge in [-0.2, -0.15) is 0 Å². The lowest BCUT2D eigenvalue weighted by molar-refractivity contribution is -0.122. The summed E-state index contributed by atoms with van der Waals surface area (Å²) in [7, 11) is 0. The predicted octanol–water partition coefficient (Wildman–Crippen LogP) is 1.75. The molecule has 8 nitrogen and oxygen atoms in total. The largest absolute Gasteiger partial charge is 0.356 e. The lowest BCUT2D eigenvalue weighted by Crippen LogP contribution is -2.42. The van der Waals surface area contributed by atoms with Crippen LogP contribution in [0, 0.1) is 0 Å². The molecule has 0 saturated heterocycles. The average Bonchev–Trinajstić information content (AvgIpc) is 2.76. The number of hydrogen-bond donors (Lipinski definition) is 2. The number of hydrogen-bond acceptors (Lipinski definition) is 4. The van der Waals surface area contributed by atoms with Crippen molar-refractivity contribution in [1.82, 2.24) is 19.8 Å². The summed E-state index contributed by atoms with van der Waals surface area (Å²) in [5, 5.41) is 5.93. The highest BCUT2D eigenvalue weighted by molar-refractivity contribution is 5.82. The van der Waals surface area contributed by atoms with Crippen LogP contribution in [-0.2, 0) is 22.6 Å². The van der Waals surface area contributed by atoms with E-state index in [2.05, 4.69) is 10.6 Å². The van der Waals surface area contributed by atoms with E-state index in [9.17, 15) is 19.2 Å². The van der Waals surface area contributed by atoms with Crippen LogP contribution in [0.15, 0.2) is 58.1 Å². The molecule has 0 fully saturated rings. The molecule has 1 aromatic heterocycles. The fraction of sp³-hybridized carbons (Fsp3) is 0.333. The molecule has 0 atom stereocenters. The molecule has 1 heterocycles. The van der Waals surface area contributed by atoms with Crippen molar-refractivity contribution >= 4 is 22.7 Å². The molecule has 0 aliphatic carbocycles. The summed E-state index contributed by atoms with van der Waals surface area (Å²) in [5.41, 5.74) is 0.497. The molecule has 2 amide bonds. The van der Waals surface area contributed by atoms with Gasteiger partial charge in [-0.05, 0) is 50.1 Å². The average molecular weight is 437 g/mol. The van der Waals surface area contributed by atoms with Crippen molar-refractivity contribution in [1.29, 1.82) is 0 Å². The highest BCUT2D eigenvalue weighted by atomic mass is 16.2. The van der Waals surface area contributed by atoms with E-state index in [1.54, 1.807) is 48.5 Å². The molecule has 0 aliphatic heterocycles. The molecule has 2 aromatic carbocycles. The van der Waals surface area contributed by atoms with E-state index in [1.807, 2.05) is 20.8 Å². The van der Waals surface area contributed by atoms with Crippen LogP contribution in [0.2, 0.25) is 0 Å². The first-order valence-corrected chi connectivity index (χ1v) is 10.7. The summed E-state index contributed by atoms with van der Waals surface area (Å²) in [4.78, 5) is 50.7. The second kappa shape index (κ2) is 10.1. The van der Waals surface area contributed by atoms with Crippen LogP contribution in [0.3, 0.4) is 0 Å². The first-order valence-electron chi connectivity index (χ1n) is 10.7. The molecular weight excluding hydrogens is 408 g/mol. The van der Waals surface area contributed by atoms with Crippen molar-refractivity contribution in [2.45, 2.75) is 46.2 Å². The van der Waals surface area contributed by atoms with Gasteiger partial charge in [-0.3, -0.25) is 19.0 Å². The van der Waals surface area contributed by atoms with Crippen molar-refractivity contribution in [3.05, 3.63) is 74.9 Å². The minimum Gasteiger partial charge on any atom is -0.356 e. The number of carbonyl (C=O) groups excluding carboxylic acids is 2. The number of para-hydroxylation sites is 1. The van der Waals surface area contributed by atoms with Crippen LogP contribution in [-0.4, -0.2) is 33.5 Å². The van der Waals surface area contributed by atoms with Crippen molar-refractivity contribution < 1.29 is 9.59 Å². The van der Waals surface area contributed by atoms with Crippen molar-refractivity contribution in [2.75, 3.05) is 6.54 Å². The maximum atomic E-state index is 13.3. The van der Waals surface area contributed by atoms with E-state index in [1.165, 1.54) is 4.57 Å². The first kappa shape index (κ1) is 23.0. The number of benzene rings is 2. The molecule has 0 aliphatic rings. The van der Waals surface area contributed by atoms with Gasteiger partial charge in [-0.1, -0.05) is 31.2 Å². The number of nitrogens with zero attached hydrogens (tertiary/aromatic N) is 2. The normalized spacial score (nSPS) is 11.0. The molecule has 0 saturated carbocycles. The zero-order chi connectivity index (χ0) is 23.3. The molecule has 32 heavy (non-hydrogen) atoms. The Morgan fingerprint density at radius 2 is 1.66 bits per heavy atom. The predicted molar refractivity (Wildman–Crippen MR) is 124 cm³/mol. The molecule has 0 bridgehead atoms. The fourth-order valence-electron chi connectivity index (χ4n) is 3.49. The first-order chi connectivity index (χ1) is 15.3. The van der Waals surface area contributed by atoms with Gasteiger partial charge in [0.25, 0.3) is 5.56 Å². The van der Waals surface area contributed by atoms with Gasteiger partial charge in [0.15, 0.2) is 0 Å². The van der Waals surface area contributed by atoms with Crippen LogP contribution < -0.4 is 21.9 Å². The Balaban J connectivity index is 2.03. The lowest BCUT2D eigenvalue weighted by Gasteiger charge is -2.15. The smallest absolute Gasteiger partial charge is 0.336 e. The van der Waals surface area contributed by atoms with E-state index < -0.39 is 11.2 Å². The van der Waals surface area contributed by atoms with Crippen molar-refractivity contribution in [3.8, 4) is 5.69 Å². The quantitative estimate of drug-likeness (QED) is 0.562. The van der Waals surface area contributed by atoms with Crippen LogP contribution in [0.5, 0.6) is 0 Å². The van der Waals surface area contributed by atoms with Gasteiger partial charge < -0.3 is 10.6 Å². The Hall–Kier alpha value is -3.68. The molecule has 3 rings (SSSR count). The Morgan fingerprint density at radius 3 is 2.31 bits per heavy atom. The third-order valence-electron chi connectivity index (χ3n) is 4.93. The Morgan fingerprint density at radius 1 is 0.969 bits per heavy atom. The van der Waals surface area contributed by atoms with E-state index in [4.69, 9.17) is 0 Å². The molecular formula is C24H28N4O4. The maximum Gasteiger partial charge on any atom is 0.336 e. The van der Waals surface area contributed by atoms with Crippen LogP contribution in [0.1, 0.15) is 32.8 Å².